The molecule has 4 rings (SSSR count). The SMILES string of the molecule is Cc1c(OC(=O)C2CCCO2)ccc2c1O/C(=C\c1cccc(Cl)c1)C2=O. The van der Waals surface area contributed by atoms with E-state index < -0.39 is 12.1 Å². The van der Waals surface area contributed by atoms with E-state index >= 15 is 0 Å². The van der Waals surface area contributed by atoms with Crippen molar-refractivity contribution in [1.82, 2.24) is 0 Å². The molecule has 1 fully saturated rings. The third-order valence-corrected chi connectivity index (χ3v) is 4.82. The molecule has 1 atom stereocenters. The minimum atomic E-state index is -0.529. The standard InChI is InChI=1S/C21H17ClO5/c1-12-16(27-21(24)17-6-3-9-25-17)8-7-15-19(23)18(26-20(12)15)11-13-4-2-5-14(22)10-13/h2,4-5,7-8,10-11,17H,3,6,9H2,1H3/b18-11-. The zero-order valence-electron chi connectivity index (χ0n) is 14.7. The van der Waals surface area contributed by atoms with E-state index in [-0.39, 0.29) is 11.5 Å². The first-order valence-corrected chi connectivity index (χ1v) is 9.07. The van der Waals surface area contributed by atoms with Crippen molar-refractivity contribution in [3.63, 3.8) is 0 Å². The van der Waals surface area contributed by atoms with Gasteiger partial charge in [0, 0.05) is 17.2 Å². The van der Waals surface area contributed by atoms with Crippen LogP contribution in [0, 0.1) is 6.92 Å². The van der Waals surface area contributed by atoms with Crippen LogP contribution in [0.2, 0.25) is 5.02 Å². The molecule has 27 heavy (non-hydrogen) atoms. The van der Waals surface area contributed by atoms with Crippen molar-refractivity contribution >= 4 is 29.4 Å². The van der Waals surface area contributed by atoms with Gasteiger partial charge in [-0.1, -0.05) is 23.7 Å². The van der Waals surface area contributed by atoms with Gasteiger partial charge in [-0.15, -0.1) is 0 Å². The molecule has 2 aromatic carbocycles. The molecule has 0 spiro atoms. The number of allylic oxidation sites excluding steroid dienone is 1. The van der Waals surface area contributed by atoms with Crippen LogP contribution in [-0.4, -0.2) is 24.5 Å². The summed E-state index contributed by atoms with van der Waals surface area (Å²) < 4.78 is 16.6. The van der Waals surface area contributed by atoms with Gasteiger partial charge in [0.1, 0.15) is 11.5 Å². The van der Waals surface area contributed by atoms with Crippen LogP contribution in [0.15, 0.2) is 42.2 Å². The van der Waals surface area contributed by atoms with Gasteiger partial charge in [0.05, 0.1) is 5.56 Å². The Balaban J connectivity index is 1.60. The maximum Gasteiger partial charge on any atom is 0.340 e. The minimum absolute atomic E-state index is 0.206. The molecule has 1 unspecified atom stereocenters. The van der Waals surface area contributed by atoms with E-state index in [9.17, 15) is 9.59 Å². The molecule has 0 saturated carbocycles. The number of benzene rings is 2. The first-order valence-electron chi connectivity index (χ1n) is 8.69. The summed E-state index contributed by atoms with van der Waals surface area (Å²) in [6.07, 6.45) is 2.62. The predicted octanol–water partition coefficient (Wildman–Crippen LogP) is 4.35. The summed E-state index contributed by atoms with van der Waals surface area (Å²) in [5.74, 6) is 0.342. The molecule has 0 aromatic heterocycles. The quantitative estimate of drug-likeness (QED) is 0.447. The van der Waals surface area contributed by atoms with Crippen molar-refractivity contribution in [2.45, 2.75) is 25.9 Å². The van der Waals surface area contributed by atoms with Gasteiger partial charge in [-0.05, 0) is 55.7 Å². The zero-order valence-corrected chi connectivity index (χ0v) is 15.4. The molecule has 0 N–H and O–H groups in total. The van der Waals surface area contributed by atoms with E-state index in [0.717, 1.165) is 12.0 Å². The van der Waals surface area contributed by atoms with Crippen LogP contribution in [0.5, 0.6) is 11.5 Å². The van der Waals surface area contributed by atoms with E-state index in [0.29, 0.717) is 40.7 Å². The highest BCUT2D eigenvalue weighted by Gasteiger charge is 2.32. The van der Waals surface area contributed by atoms with Crippen molar-refractivity contribution < 1.29 is 23.8 Å². The average molecular weight is 385 g/mol. The maximum absolute atomic E-state index is 12.6. The number of ketones is 1. The third kappa shape index (κ3) is 3.48. The van der Waals surface area contributed by atoms with Crippen LogP contribution < -0.4 is 9.47 Å². The Hall–Kier alpha value is -2.63. The normalized spacial score (nSPS) is 19.9. The van der Waals surface area contributed by atoms with E-state index in [1.807, 2.05) is 6.07 Å². The fraction of sp³-hybridized carbons (Fsp3) is 0.238. The molecule has 0 aliphatic carbocycles. The first-order chi connectivity index (χ1) is 13.0. The molecule has 0 radical (unpaired) electrons. The van der Waals surface area contributed by atoms with Crippen molar-refractivity contribution in [3.8, 4) is 11.5 Å². The van der Waals surface area contributed by atoms with Gasteiger partial charge in [0.15, 0.2) is 11.9 Å². The van der Waals surface area contributed by atoms with Gasteiger partial charge in [-0.25, -0.2) is 4.79 Å². The molecule has 2 aromatic rings. The Morgan fingerprint density at radius 1 is 1.30 bits per heavy atom. The highest BCUT2D eigenvalue weighted by atomic mass is 35.5. The van der Waals surface area contributed by atoms with Gasteiger partial charge in [-0.2, -0.15) is 0 Å². The second kappa shape index (κ2) is 7.18. The Kier molecular flexibility index (Phi) is 4.72. The van der Waals surface area contributed by atoms with Crippen LogP contribution in [0.3, 0.4) is 0 Å². The summed E-state index contributed by atoms with van der Waals surface area (Å²) in [4.78, 5) is 24.8. The van der Waals surface area contributed by atoms with Gasteiger partial charge in [-0.3, -0.25) is 4.79 Å². The molecule has 6 heteroatoms. The predicted molar refractivity (Wildman–Crippen MR) is 100 cm³/mol. The molecule has 138 valence electrons. The van der Waals surface area contributed by atoms with Crippen LogP contribution in [0.1, 0.15) is 34.3 Å². The van der Waals surface area contributed by atoms with Crippen molar-refractivity contribution in [2.24, 2.45) is 0 Å². The second-order valence-corrected chi connectivity index (χ2v) is 6.92. The summed E-state index contributed by atoms with van der Waals surface area (Å²) in [7, 11) is 0. The summed E-state index contributed by atoms with van der Waals surface area (Å²) in [5, 5.41) is 0.576. The number of hydrogen-bond donors (Lipinski definition) is 0. The summed E-state index contributed by atoms with van der Waals surface area (Å²) in [6.45, 7) is 2.32. The number of halogens is 1. The highest BCUT2D eigenvalue weighted by molar-refractivity contribution is 6.30. The fourth-order valence-corrected chi connectivity index (χ4v) is 3.36. The average Bonchev–Trinajstić information content (AvgIpc) is 3.28. The maximum atomic E-state index is 12.6. The number of ether oxygens (including phenoxy) is 3. The minimum Gasteiger partial charge on any atom is -0.452 e. The van der Waals surface area contributed by atoms with Crippen LogP contribution in [-0.2, 0) is 9.53 Å². The molecule has 0 bridgehead atoms. The van der Waals surface area contributed by atoms with E-state index in [2.05, 4.69) is 0 Å². The van der Waals surface area contributed by atoms with Crippen molar-refractivity contribution in [2.75, 3.05) is 6.61 Å². The van der Waals surface area contributed by atoms with Gasteiger partial charge < -0.3 is 14.2 Å². The smallest absolute Gasteiger partial charge is 0.340 e. The third-order valence-electron chi connectivity index (χ3n) is 4.59. The number of Topliss-reactive ketones (excluding diaryl/α,β-unsaturated/α-hetero) is 1. The van der Waals surface area contributed by atoms with Crippen LogP contribution in [0.25, 0.3) is 6.08 Å². The summed E-state index contributed by atoms with van der Waals surface area (Å²) in [5.41, 5.74) is 1.81. The van der Waals surface area contributed by atoms with Crippen LogP contribution >= 0.6 is 11.6 Å². The largest absolute Gasteiger partial charge is 0.452 e. The van der Waals surface area contributed by atoms with Crippen molar-refractivity contribution in [1.29, 1.82) is 0 Å². The Bertz CT molecular complexity index is 957. The lowest BCUT2D eigenvalue weighted by molar-refractivity contribution is -0.144. The fourth-order valence-electron chi connectivity index (χ4n) is 3.16. The summed E-state index contributed by atoms with van der Waals surface area (Å²) in [6, 6.07) is 10.4. The number of hydrogen-bond acceptors (Lipinski definition) is 5. The molecule has 0 amide bonds. The molecule has 2 aliphatic heterocycles. The molecule has 1 saturated heterocycles. The van der Waals surface area contributed by atoms with Crippen molar-refractivity contribution in [3.05, 3.63) is 63.9 Å². The van der Waals surface area contributed by atoms with E-state index in [1.54, 1.807) is 43.3 Å². The lowest BCUT2D eigenvalue weighted by Gasteiger charge is -2.12. The molecule has 5 nitrogen and oxygen atoms in total. The summed E-state index contributed by atoms with van der Waals surface area (Å²) >= 11 is 5.99. The molecular weight excluding hydrogens is 368 g/mol. The molecular formula is C21H17ClO5. The lowest BCUT2D eigenvalue weighted by atomic mass is 10.1. The zero-order chi connectivity index (χ0) is 19.0. The topological polar surface area (TPSA) is 61.8 Å². The van der Waals surface area contributed by atoms with Gasteiger partial charge in [0.25, 0.3) is 0 Å². The van der Waals surface area contributed by atoms with Gasteiger partial charge in [0.2, 0.25) is 5.78 Å². The number of carbonyl (C=O) groups is 2. The molecule has 2 heterocycles. The Labute approximate surface area is 161 Å². The van der Waals surface area contributed by atoms with E-state index in [1.165, 1.54) is 0 Å². The number of esters is 1. The highest BCUT2D eigenvalue weighted by Crippen LogP contribution is 2.39. The monoisotopic (exact) mass is 384 g/mol. The van der Waals surface area contributed by atoms with Crippen LogP contribution in [0.4, 0.5) is 0 Å². The first kappa shape index (κ1) is 17.8. The van der Waals surface area contributed by atoms with Gasteiger partial charge >= 0.3 is 5.97 Å². The Morgan fingerprint density at radius 2 is 2.15 bits per heavy atom. The number of fused-ring (bicyclic) bond motifs is 1. The van der Waals surface area contributed by atoms with E-state index in [4.69, 9.17) is 25.8 Å². The number of rotatable bonds is 3. The lowest BCUT2D eigenvalue weighted by Crippen LogP contribution is -2.25. The molecule has 2 aliphatic rings. The second-order valence-electron chi connectivity index (χ2n) is 6.48. The number of carbonyl (C=O) groups excluding carboxylic acids is 2. The Morgan fingerprint density at radius 3 is 2.89 bits per heavy atom.